The quantitative estimate of drug-likeness (QED) is 0.937. The molecular formula is C10H11Cl3N2O. The standard InChI is InChI=1S/C10H10Cl2N2O.ClH/c11-6-4-7-9(2-1-3-13)14-15-10(7)8(12)5-6;/h4-5H,1-3,13H2;1H. The Morgan fingerprint density at radius 1 is 1.31 bits per heavy atom. The molecule has 0 fully saturated rings. The molecule has 0 bridgehead atoms. The van der Waals surface area contributed by atoms with E-state index in [1.807, 2.05) is 6.07 Å². The van der Waals surface area contributed by atoms with Crippen LogP contribution in [0.3, 0.4) is 0 Å². The summed E-state index contributed by atoms with van der Waals surface area (Å²) in [5.74, 6) is 0. The van der Waals surface area contributed by atoms with Gasteiger partial charge < -0.3 is 10.3 Å². The van der Waals surface area contributed by atoms with E-state index in [9.17, 15) is 0 Å². The maximum Gasteiger partial charge on any atom is 0.185 e. The number of hydrogen-bond acceptors (Lipinski definition) is 3. The van der Waals surface area contributed by atoms with Crippen molar-refractivity contribution in [3.8, 4) is 0 Å². The Bertz CT molecular complexity index is 484. The SMILES string of the molecule is Cl.NCCCc1noc2c(Cl)cc(Cl)cc12. The van der Waals surface area contributed by atoms with Crippen molar-refractivity contribution >= 4 is 46.6 Å². The first-order valence-corrected chi connectivity index (χ1v) is 5.41. The van der Waals surface area contributed by atoms with Crippen LogP contribution in [0.1, 0.15) is 12.1 Å². The summed E-state index contributed by atoms with van der Waals surface area (Å²) >= 11 is 11.9. The number of nitrogens with two attached hydrogens (primary N) is 1. The molecule has 0 aliphatic carbocycles. The van der Waals surface area contributed by atoms with E-state index in [1.165, 1.54) is 0 Å². The van der Waals surface area contributed by atoms with E-state index in [-0.39, 0.29) is 12.4 Å². The molecule has 6 heteroatoms. The number of nitrogens with zero attached hydrogens (tertiary/aromatic N) is 1. The van der Waals surface area contributed by atoms with E-state index in [2.05, 4.69) is 5.16 Å². The summed E-state index contributed by atoms with van der Waals surface area (Å²) < 4.78 is 5.15. The Kier molecular flexibility index (Phi) is 4.87. The van der Waals surface area contributed by atoms with Gasteiger partial charge in [0.05, 0.1) is 10.7 Å². The van der Waals surface area contributed by atoms with Crippen molar-refractivity contribution in [2.45, 2.75) is 12.8 Å². The zero-order valence-corrected chi connectivity index (χ0v) is 10.7. The molecule has 88 valence electrons. The van der Waals surface area contributed by atoms with Crippen molar-refractivity contribution < 1.29 is 4.52 Å². The summed E-state index contributed by atoms with van der Waals surface area (Å²) in [6.45, 7) is 0.628. The lowest BCUT2D eigenvalue weighted by Gasteiger charge is -1.96. The molecule has 0 aliphatic rings. The van der Waals surface area contributed by atoms with Gasteiger partial charge in [-0.3, -0.25) is 0 Å². The Morgan fingerprint density at radius 3 is 2.75 bits per heavy atom. The monoisotopic (exact) mass is 280 g/mol. The summed E-state index contributed by atoms with van der Waals surface area (Å²) in [6.07, 6.45) is 1.64. The molecular weight excluding hydrogens is 270 g/mol. The van der Waals surface area contributed by atoms with Gasteiger partial charge >= 0.3 is 0 Å². The molecule has 0 saturated heterocycles. The second-order valence-electron chi connectivity index (χ2n) is 3.29. The minimum atomic E-state index is 0. The lowest BCUT2D eigenvalue weighted by Crippen LogP contribution is -2.00. The van der Waals surface area contributed by atoms with Crippen molar-refractivity contribution in [2.75, 3.05) is 6.54 Å². The number of rotatable bonds is 3. The zero-order valence-electron chi connectivity index (χ0n) is 8.37. The van der Waals surface area contributed by atoms with Gasteiger partial charge in [0.2, 0.25) is 0 Å². The lowest BCUT2D eigenvalue weighted by atomic mass is 10.1. The number of halogens is 3. The molecule has 2 rings (SSSR count). The van der Waals surface area contributed by atoms with Gasteiger partial charge in [-0.25, -0.2) is 0 Å². The van der Waals surface area contributed by atoms with Gasteiger partial charge in [0, 0.05) is 10.4 Å². The van der Waals surface area contributed by atoms with E-state index in [0.29, 0.717) is 22.2 Å². The van der Waals surface area contributed by atoms with Gasteiger partial charge in [0.25, 0.3) is 0 Å². The predicted octanol–water partition coefficient (Wildman–Crippen LogP) is 3.45. The van der Waals surface area contributed by atoms with Crippen molar-refractivity contribution in [3.63, 3.8) is 0 Å². The molecule has 2 N–H and O–H groups in total. The fraction of sp³-hybridized carbons (Fsp3) is 0.300. The molecule has 1 aromatic heterocycles. The third-order valence-corrected chi connectivity index (χ3v) is 2.68. The molecule has 0 amide bonds. The van der Waals surface area contributed by atoms with Crippen molar-refractivity contribution in [1.82, 2.24) is 5.16 Å². The normalized spacial score (nSPS) is 10.4. The van der Waals surface area contributed by atoms with E-state index in [1.54, 1.807) is 6.07 Å². The molecule has 1 heterocycles. The average molecular weight is 282 g/mol. The highest BCUT2D eigenvalue weighted by Gasteiger charge is 2.11. The maximum absolute atomic E-state index is 5.97. The lowest BCUT2D eigenvalue weighted by molar-refractivity contribution is 0.445. The van der Waals surface area contributed by atoms with Crippen LogP contribution in [0.4, 0.5) is 0 Å². The van der Waals surface area contributed by atoms with Crippen LogP contribution in [0.15, 0.2) is 16.7 Å². The van der Waals surface area contributed by atoms with Gasteiger partial charge in [-0.1, -0.05) is 28.4 Å². The molecule has 3 nitrogen and oxygen atoms in total. The smallest absolute Gasteiger partial charge is 0.185 e. The second-order valence-corrected chi connectivity index (χ2v) is 4.13. The van der Waals surface area contributed by atoms with Gasteiger partial charge in [-0.05, 0) is 31.5 Å². The first kappa shape index (κ1) is 13.6. The summed E-state index contributed by atoms with van der Waals surface area (Å²) in [4.78, 5) is 0. The molecule has 0 spiro atoms. The van der Waals surface area contributed by atoms with Crippen molar-refractivity contribution in [1.29, 1.82) is 0 Å². The van der Waals surface area contributed by atoms with Crippen LogP contribution in [0, 0.1) is 0 Å². The highest BCUT2D eigenvalue weighted by Crippen LogP contribution is 2.30. The number of hydrogen-bond donors (Lipinski definition) is 1. The van der Waals surface area contributed by atoms with Crippen LogP contribution in [-0.2, 0) is 6.42 Å². The number of fused-ring (bicyclic) bond motifs is 1. The summed E-state index contributed by atoms with van der Waals surface area (Å²) in [6, 6.07) is 3.45. The van der Waals surface area contributed by atoms with Crippen molar-refractivity contribution in [3.05, 3.63) is 27.9 Å². The summed E-state index contributed by atoms with van der Waals surface area (Å²) in [7, 11) is 0. The summed E-state index contributed by atoms with van der Waals surface area (Å²) in [5.41, 5.74) is 6.89. The van der Waals surface area contributed by atoms with E-state index in [0.717, 1.165) is 23.9 Å². The van der Waals surface area contributed by atoms with Crippen LogP contribution in [-0.4, -0.2) is 11.7 Å². The number of aryl methyl sites for hydroxylation is 1. The zero-order chi connectivity index (χ0) is 10.8. The second kappa shape index (κ2) is 5.73. The van der Waals surface area contributed by atoms with E-state index in [4.69, 9.17) is 33.5 Å². The van der Waals surface area contributed by atoms with Crippen LogP contribution in [0.2, 0.25) is 10.0 Å². The largest absolute Gasteiger partial charge is 0.354 e. The van der Waals surface area contributed by atoms with Crippen molar-refractivity contribution in [2.24, 2.45) is 5.73 Å². The van der Waals surface area contributed by atoms with Gasteiger partial charge in [-0.15, -0.1) is 12.4 Å². The topological polar surface area (TPSA) is 52.0 Å². The molecule has 0 radical (unpaired) electrons. The molecule has 0 unspecified atom stereocenters. The molecule has 0 saturated carbocycles. The van der Waals surface area contributed by atoms with Crippen LogP contribution >= 0.6 is 35.6 Å². The first-order valence-electron chi connectivity index (χ1n) is 4.65. The minimum absolute atomic E-state index is 0. The van der Waals surface area contributed by atoms with E-state index >= 15 is 0 Å². The highest BCUT2D eigenvalue weighted by molar-refractivity contribution is 6.38. The summed E-state index contributed by atoms with van der Waals surface area (Å²) in [5, 5.41) is 5.91. The van der Waals surface area contributed by atoms with Gasteiger partial charge in [0.15, 0.2) is 5.58 Å². The van der Waals surface area contributed by atoms with Gasteiger partial charge in [-0.2, -0.15) is 0 Å². The molecule has 0 aliphatic heterocycles. The molecule has 0 atom stereocenters. The molecule has 16 heavy (non-hydrogen) atoms. The Balaban J connectivity index is 0.00000128. The fourth-order valence-corrected chi connectivity index (χ4v) is 2.00. The number of benzene rings is 1. The first-order chi connectivity index (χ1) is 7.22. The number of aromatic nitrogens is 1. The Hall–Kier alpha value is -0.480. The Labute approximate surface area is 109 Å². The highest BCUT2D eigenvalue weighted by atomic mass is 35.5. The maximum atomic E-state index is 5.97. The van der Waals surface area contributed by atoms with Crippen LogP contribution in [0.25, 0.3) is 11.0 Å². The van der Waals surface area contributed by atoms with Gasteiger partial charge in [0.1, 0.15) is 0 Å². The molecule has 2 aromatic rings. The third-order valence-electron chi connectivity index (χ3n) is 2.18. The van der Waals surface area contributed by atoms with Crippen LogP contribution in [0.5, 0.6) is 0 Å². The molecule has 1 aromatic carbocycles. The van der Waals surface area contributed by atoms with E-state index < -0.39 is 0 Å². The predicted molar refractivity (Wildman–Crippen MR) is 68.7 cm³/mol. The minimum Gasteiger partial charge on any atom is -0.354 e. The average Bonchev–Trinajstić information content (AvgIpc) is 2.58. The third kappa shape index (κ3) is 2.61. The van der Waals surface area contributed by atoms with Crippen LogP contribution < -0.4 is 5.73 Å². The Morgan fingerprint density at radius 2 is 2.06 bits per heavy atom. The fourth-order valence-electron chi connectivity index (χ4n) is 1.47.